The lowest BCUT2D eigenvalue weighted by molar-refractivity contribution is -0.133. The number of nitrogens with one attached hydrogen (secondary N) is 1. The van der Waals surface area contributed by atoms with E-state index in [0.29, 0.717) is 38.5 Å². The van der Waals surface area contributed by atoms with Gasteiger partial charge in [0.2, 0.25) is 5.91 Å². The van der Waals surface area contributed by atoms with E-state index >= 15 is 0 Å². The third kappa shape index (κ3) is 4.23. The van der Waals surface area contributed by atoms with Crippen molar-refractivity contribution in [3.8, 4) is 0 Å². The van der Waals surface area contributed by atoms with Crippen LogP contribution in [0.3, 0.4) is 0 Å². The summed E-state index contributed by atoms with van der Waals surface area (Å²) >= 11 is 0. The zero-order valence-electron chi connectivity index (χ0n) is 18.0. The number of fused-ring (bicyclic) bond motifs is 1. The minimum Gasteiger partial charge on any atom is -0.450 e. The highest BCUT2D eigenvalue weighted by atomic mass is 16.6. The second-order valence-corrected chi connectivity index (χ2v) is 7.78. The van der Waals surface area contributed by atoms with Crippen LogP contribution in [0, 0.1) is 0 Å². The highest BCUT2D eigenvalue weighted by molar-refractivity contribution is 6.24. The molecule has 168 valence electrons. The van der Waals surface area contributed by atoms with Gasteiger partial charge in [0.15, 0.2) is 0 Å². The second-order valence-electron chi connectivity index (χ2n) is 7.78. The molecule has 0 radical (unpaired) electrons. The van der Waals surface area contributed by atoms with Crippen LogP contribution in [0.4, 0.5) is 15.3 Å². The molecule has 5 amide bonds. The van der Waals surface area contributed by atoms with Gasteiger partial charge in [-0.3, -0.25) is 9.59 Å². The lowest BCUT2D eigenvalue weighted by Crippen LogP contribution is -2.50. The maximum Gasteiger partial charge on any atom is 0.409 e. The van der Waals surface area contributed by atoms with E-state index in [2.05, 4.69) is 5.32 Å². The Balaban J connectivity index is 1.35. The molecule has 2 aliphatic rings. The third-order valence-electron chi connectivity index (χ3n) is 5.83. The van der Waals surface area contributed by atoms with E-state index in [1.165, 1.54) is 0 Å². The zero-order chi connectivity index (χ0) is 22.7. The van der Waals surface area contributed by atoms with Crippen LogP contribution >= 0.6 is 0 Å². The van der Waals surface area contributed by atoms with Gasteiger partial charge in [0.25, 0.3) is 5.91 Å². The van der Waals surface area contributed by atoms with Gasteiger partial charge in [-0.1, -0.05) is 36.4 Å². The van der Waals surface area contributed by atoms with Crippen LogP contribution in [-0.4, -0.2) is 72.6 Å². The van der Waals surface area contributed by atoms with Crippen molar-refractivity contribution in [1.29, 1.82) is 0 Å². The minimum absolute atomic E-state index is 0.0980. The fourth-order valence-corrected chi connectivity index (χ4v) is 4.14. The fourth-order valence-electron chi connectivity index (χ4n) is 4.14. The van der Waals surface area contributed by atoms with Crippen LogP contribution in [0.25, 0.3) is 10.8 Å². The number of rotatable bonds is 5. The summed E-state index contributed by atoms with van der Waals surface area (Å²) in [6.07, 6.45) is -0.00483. The summed E-state index contributed by atoms with van der Waals surface area (Å²) in [5, 5.41) is 4.46. The van der Waals surface area contributed by atoms with Gasteiger partial charge in [-0.05, 0) is 24.8 Å². The summed E-state index contributed by atoms with van der Waals surface area (Å²) in [4.78, 5) is 54.4. The van der Waals surface area contributed by atoms with E-state index in [0.717, 1.165) is 15.7 Å². The highest BCUT2D eigenvalue weighted by Gasteiger charge is 2.40. The zero-order valence-corrected chi connectivity index (χ0v) is 18.0. The quantitative estimate of drug-likeness (QED) is 0.723. The van der Waals surface area contributed by atoms with Crippen molar-refractivity contribution in [3.63, 3.8) is 0 Å². The van der Waals surface area contributed by atoms with E-state index in [1.54, 1.807) is 22.8 Å². The van der Waals surface area contributed by atoms with Crippen LogP contribution in [-0.2, 0) is 14.3 Å². The van der Waals surface area contributed by atoms with Gasteiger partial charge in [0, 0.05) is 38.0 Å². The molecule has 0 spiro atoms. The van der Waals surface area contributed by atoms with Gasteiger partial charge < -0.3 is 19.9 Å². The molecule has 0 aliphatic carbocycles. The predicted octanol–water partition coefficient (Wildman–Crippen LogP) is 2.35. The number of piperazine rings is 1. The number of nitrogens with zero attached hydrogens (tertiary/aromatic N) is 3. The second kappa shape index (κ2) is 9.25. The lowest BCUT2D eigenvalue weighted by atomic mass is 10.1. The molecule has 1 N–H and O–H groups in total. The first-order valence-electron chi connectivity index (χ1n) is 10.8. The molecule has 0 saturated carbocycles. The van der Waals surface area contributed by atoms with Crippen molar-refractivity contribution in [2.45, 2.75) is 25.8 Å². The fraction of sp³-hybridized carbons (Fsp3) is 0.391. The molecule has 9 heteroatoms. The van der Waals surface area contributed by atoms with Gasteiger partial charge in [-0.2, -0.15) is 0 Å². The molecule has 0 unspecified atom stereocenters. The first-order chi connectivity index (χ1) is 15.5. The van der Waals surface area contributed by atoms with Gasteiger partial charge in [0.1, 0.15) is 6.04 Å². The van der Waals surface area contributed by atoms with E-state index in [4.69, 9.17) is 4.74 Å². The topological polar surface area (TPSA) is 99.3 Å². The van der Waals surface area contributed by atoms with Crippen molar-refractivity contribution in [2.24, 2.45) is 0 Å². The Morgan fingerprint density at radius 1 is 1.00 bits per heavy atom. The smallest absolute Gasteiger partial charge is 0.409 e. The molecule has 9 nitrogen and oxygen atoms in total. The molecule has 0 aromatic heterocycles. The van der Waals surface area contributed by atoms with Gasteiger partial charge in [-0.25, -0.2) is 14.5 Å². The monoisotopic (exact) mass is 438 g/mol. The number of benzene rings is 2. The van der Waals surface area contributed by atoms with E-state index in [-0.39, 0.29) is 30.7 Å². The Morgan fingerprint density at radius 2 is 1.69 bits per heavy atom. The molecular formula is C23H26N4O5. The number of amides is 5. The number of urea groups is 1. The van der Waals surface area contributed by atoms with E-state index < -0.39 is 12.1 Å². The van der Waals surface area contributed by atoms with Crippen LogP contribution in [0.15, 0.2) is 42.5 Å². The van der Waals surface area contributed by atoms with Gasteiger partial charge >= 0.3 is 12.1 Å². The van der Waals surface area contributed by atoms with Crippen LogP contribution in [0.1, 0.15) is 19.8 Å². The van der Waals surface area contributed by atoms with Crippen LogP contribution in [0.5, 0.6) is 0 Å². The molecule has 4 rings (SSSR count). The molecule has 2 aliphatic heterocycles. The number of ether oxygens (including phenoxy) is 1. The lowest BCUT2D eigenvalue weighted by Gasteiger charge is -2.34. The molecule has 2 aromatic carbocycles. The predicted molar refractivity (Wildman–Crippen MR) is 118 cm³/mol. The van der Waals surface area contributed by atoms with Crippen LogP contribution in [0.2, 0.25) is 0 Å². The standard InChI is InChI=1S/C23H26N4O5/c1-2-32-23(31)26-14-12-25(13-15-26)20(28)11-10-18-21(29)27(22(30)24-18)19-9-5-7-16-6-3-4-8-17(16)19/h3-9,18H,2,10-15H2,1H3,(H,24,30)/t18-/m0/s1. The van der Waals surface area contributed by atoms with Gasteiger partial charge in [-0.15, -0.1) is 0 Å². The first-order valence-corrected chi connectivity index (χ1v) is 10.8. The largest absolute Gasteiger partial charge is 0.450 e. The molecule has 2 heterocycles. The third-order valence-corrected chi connectivity index (χ3v) is 5.83. The van der Waals surface area contributed by atoms with Crippen molar-refractivity contribution >= 4 is 40.4 Å². The molecule has 2 fully saturated rings. The normalized spacial score (nSPS) is 18.8. The number of hydrogen-bond acceptors (Lipinski definition) is 5. The Bertz CT molecular complexity index is 1040. The maximum atomic E-state index is 13.0. The van der Waals surface area contributed by atoms with Crippen molar-refractivity contribution in [2.75, 3.05) is 37.7 Å². The maximum absolute atomic E-state index is 13.0. The summed E-state index contributed by atoms with van der Waals surface area (Å²) in [5.74, 6) is -0.453. The molecule has 32 heavy (non-hydrogen) atoms. The Hall–Kier alpha value is -3.62. The molecular weight excluding hydrogens is 412 g/mol. The summed E-state index contributed by atoms with van der Waals surface area (Å²) in [5.41, 5.74) is 0.537. The molecule has 1 atom stereocenters. The molecule has 0 bridgehead atoms. The molecule has 2 saturated heterocycles. The number of hydrogen-bond donors (Lipinski definition) is 1. The number of imide groups is 1. The van der Waals surface area contributed by atoms with Crippen molar-refractivity contribution < 1.29 is 23.9 Å². The number of carbonyl (C=O) groups excluding carboxylic acids is 4. The van der Waals surface area contributed by atoms with E-state index in [9.17, 15) is 19.2 Å². The van der Waals surface area contributed by atoms with Crippen molar-refractivity contribution in [3.05, 3.63) is 42.5 Å². The van der Waals surface area contributed by atoms with Gasteiger partial charge in [0.05, 0.1) is 12.3 Å². The SMILES string of the molecule is CCOC(=O)N1CCN(C(=O)CC[C@@H]2NC(=O)N(c3cccc4ccccc34)C2=O)CC1. The summed E-state index contributed by atoms with van der Waals surface area (Å²) in [6, 6.07) is 11.8. The Morgan fingerprint density at radius 3 is 2.44 bits per heavy atom. The summed E-state index contributed by atoms with van der Waals surface area (Å²) in [6.45, 7) is 3.74. The Labute approximate surface area is 185 Å². The van der Waals surface area contributed by atoms with Crippen LogP contribution < -0.4 is 10.2 Å². The average Bonchev–Trinajstić information content (AvgIpc) is 3.10. The first kappa shape index (κ1) is 21.6. The number of anilines is 1. The minimum atomic E-state index is -0.744. The molecule has 2 aromatic rings. The summed E-state index contributed by atoms with van der Waals surface area (Å²) in [7, 11) is 0. The van der Waals surface area contributed by atoms with E-state index in [1.807, 2.05) is 36.4 Å². The average molecular weight is 438 g/mol. The summed E-state index contributed by atoms with van der Waals surface area (Å²) < 4.78 is 4.99. The van der Waals surface area contributed by atoms with Crippen molar-refractivity contribution in [1.82, 2.24) is 15.1 Å². The number of carbonyl (C=O) groups is 4. The Kier molecular flexibility index (Phi) is 6.25. The highest BCUT2D eigenvalue weighted by Crippen LogP contribution is 2.29.